The van der Waals surface area contributed by atoms with Gasteiger partial charge in [0.05, 0.1) is 12.7 Å². The fourth-order valence-corrected chi connectivity index (χ4v) is 1.56. The van der Waals surface area contributed by atoms with Gasteiger partial charge in [-0.25, -0.2) is 0 Å². The minimum atomic E-state index is -0.507. The molecule has 1 unspecified atom stereocenters. The van der Waals surface area contributed by atoms with E-state index in [-0.39, 0.29) is 5.75 Å². The predicted octanol–water partition coefficient (Wildman–Crippen LogP) is 1.66. The van der Waals surface area contributed by atoms with Crippen LogP contribution in [0.25, 0.3) is 0 Å². The van der Waals surface area contributed by atoms with Crippen LogP contribution in [0.3, 0.4) is 0 Å². The van der Waals surface area contributed by atoms with E-state index in [0.717, 1.165) is 18.4 Å². The number of phenolic OH excluding ortho intramolecular Hbond substituents is 1. The van der Waals surface area contributed by atoms with E-state index in [1.807, 2.05) is 12.1 Å². The highest BCUT2D eigenvalue weighted by Gasteiger charge is 2.04. The van der Waals surface area contributed by atoms with Crippen molar-refractivity contribution in [3.63, 3.8) is 0 Å². The molecule has 0 fully saturated rings. The van der Waals surface area contributed by atoms with E-state index in [4.69, 9.17) is 4.74 Å². The zero-order valence-electron chi connectivity index (χ0n) is 10.9. The number of hydrogen-bond donors (Lipinski definition) is 3. The van der Waals surface area contributed by atoms with Crippen molar-refractivity contribution < 1.29 is 14.9 Å². The molecular weight excluding hydrogens is 230 g/mol. The number of ether oxygens (including phenoxy) is 1. The van der Waals surface area contributed by atoms with Crippen molar-refractivity contribution in [3.05, 3.63) is 29.8 Å². The van der Waals surface area contributed by atoms with Crippen molar-refractivity contribution >= 4 is 0 Å². The molecule has 1 rings (SSSR count). The summed E-state index contributed by atoms with van der Waals surface area (Å²) in [5.74, 6) is 0.277. The van der Waals surface area contributed by atoms with Gasteiger partial charge < -0.3 is 20.3 Å². The summed E-state index contributed by atoms with van der Waals surface area (Å²) in [5.41, 5.74) is 0.830. The topological polar surface area (TPSA) is 61.7 Å². The number of rotatable bonds is 9. The molecule has 1 atom stereocenters. The number of hydrogen-bond acceptors (Lipinski definition) is 4. The van der Waals surface area contributed by atoms with E-state index in [9.17, 15) is 10.2 Å². The van der Waals surface area contributed by atoms with Crippen LogP contribution in [0.4, 0.5) is 0 Å². The maximum absolute atomic E-state index is 9.65. The molecule has 4 nitrogen and oxygen atoms in total. The van der Waals surface area contributed by atoms with Crippen LogP contribution in [0.5, 0.6) is 5.75 Å². The Morgan fingerprint density at radius 1 is 1.33 bits per heavy atom. The lowest BCUT2D eigenvalue weighted by atomic mass is 10.2. The summed E-state index contributed by atoms with van der Waals surface area (Å²) in [6, 6.07) is 7.17. The van der Waals surface area contributed by atoms with Crippen LogP contribution in [-0.2, 0) is 11.3 Å². The summed E-state index contributed by atoms with van der Waals surface area (Å²) in [6.07, 6.45) is 1.62. The van der Waals surface area contributed by atoms with Crippen molar-refractivity contribution in [2.75, 3.05) is 19.8 Å². The summed E-state index contributed by atoms with van der Waals surface area (Å²) >= 11 is 0. The van der Waals surface area contributed by atoms with Gasteiger partial charge in [-0.2, -0.15) is 0 Å². The fourth-order valence-electron chi connectivity index (χ4n) is 1.56. The van der Waals surface area contributed by atoms with Gasteiger partial charge in [-0.3, -0.25) is 0 Å². The lowest BCUT2D eigenvalue weighted by Gasteiger charge is -2.12. The van der Waals surface area contributed by atoms with E-state index < -0.39 is 6.10 Å². The number of nitrogens with one attached hydrogen (secondary N) is 1. The largest absolute Gasteiger partial charge is 0.508 e. The van der Waals surface area contributed by atoms with Crippen molar-refractivity contribution in [2.45, 2.75) is 32.4 Å². The van der Waals surface area contributed by atoms with Gasteiger partial charge in [0.25, 0.3) is 0 Å². The van der Waals surface area contributed by atoms with E-state index in [2.05, 4.69) is 12.2 Å². The van der Waals surface area contributed by atoms with Crippen LogP contribution in [0.1, 0.15) is 25.3 Å². The number of benzene rings is 1. The molecule has 0 radical (unpaired) electrons. The SMILES string of the molecule is CCCCOCC(O)CNCc1ccccc1O. The molecule has 1 aromatic carbocycles. The molecule has 0 heterocycles. The van der Waals surface area contributed by atoms with Gasteiger partial charge in [0.15, 0.2) is 0 Å². The summed E-state index contributed by atoms with van der Waals surface area (Å²) in [5, 5.41) is 22.3. The Hall–Kier alpha value is -1.10. The Balaban J connectivity index is 2.12. The molecule has 1 aromatic rings. The summed E-state index contributed by atoms with van der Waals surface area (Å²) in [7, 11) is 0. The van der Waals surface area contributed by atoms with Crippen molar-refractivity contribution in [1.29, 1.82) is 0 Å². The van der Waals surface area contributed by atoms with E-state index in [1.54, 1.807) is 12.1 Å². The van der Waals surface area contributed by atoms with Gasteiger partial charge in [-0.1, -0.05) is 31.5 Å². The second kappa shape index (κ2) is 8.91. The Morgan fingerprint density at radius 3 is 2.83 bits per heavy atom. The monoisotopic (exact) mass is 253 g/mol. The van der Waals surface area contributed by atoms with Crippen LogP contribution in [0, 0.1) is 0 Å². The number of unbranched alkanes of at least 4 members (excludes halogenated alkanes) is 1. The van der Waals surface area contributed by atoms with Crippen LogP contribution >= 0.6 is 0 Å². The Bertz CT molecular complexity index is 331. The normalized spacial score (nSPS) is 12.6. The Labute approximate surface area is 109 Å². The Kier molecular flexibility index (Phi) is 7.41. The second-order valence-electron chi connectivity index (χ2n) is 4.34. The Morgan fingerprint density at radius 2 is 2.11 bits per heavy atom. The zero-order chi connectivity index (χ0) is 13.2. The molecule has 0 saturated heterocycles. The summed E-state index contributed by atoms with van der Waals surface area (Å²) in [4.78, 5) is 0. The van der Waals surface area contributed by atoms with Crippen LogP contribution in [-0.4, -0.2) is 36.1 Å². The fraction of sp³-hybridized carbons (Fsp3) is 0.571. The zero-order valence-corrected chi connectivity index (χ0v) is 10.9. The minimum absolute atomic E-state index is 0.277. The highest BCUT2D eigenvalue weighted by Crippen LogP contribution is 2.14. The first kappa shape index (κ1) is 15.0. The lowest BCUT2D eigenvalue weighted by Crippen LogP contribution is -2.30. The van der Waals surface area contributed by atoms with Crippen LogP contribution in [0.15, 0.2) is 24.3 Å². The molecule has 0 amide bonds. The van der Waals surface area contributed by atoms with Gasteiger partial charge in [-0.05, 0) is 12.5 Å². The number of phenols is 1. The third kappa shape index (κ3) is 6.00. The first-order valence-corrected chi connectivity index (χ1v) is 6.47. The molecular formula is C14H23NO3. The van der Waals surface area contributed by atoms with Gasteiger partial charge in [0.2, 0.25) is 0 Å². The standard InChI is InChI=1S/C14H23NO3/c1-2-3-8-18-11-13(16)10-15-9-12-6-4-5-7-14(12)17/h4-7,13,15-17H,2-3,8-11H2,1H3. The maximum atomic E-state index is 9.65. The average molecular weight is 253 g/mol. The number of aliphatic hydroxyl groups is 1. The van der Waals surface area contributed by atoms with E-state index in [1.165, 1.54) is 0 Å². The van der Waals surface area contributed by atoms with E-state index in [0.29, 0.717) is 26.3 Å². The predicted molar refractivity (Wildman–Crippen MR) is 71.5 cm³/mol. The minimum Gasteiger partial charge on any atom is -0.508 e. The number of para-hydroxylation sites is 1. The number of aliphatic hydroxyl groups excluding tert-OH is 1. The molecule has 0 saturated carbocycles. The van der Waals surface area contributed by atoms with Crippen molar-refractivity contribution in [2.24, 2.45) is 0 Å². The highest BCUT2D eigenvalue weighted by molar-refractivity contribution is 5.31. The van der Waals surface area contributed by atoms with Crippen molar-refractivity contribution in [1.82, 2.24) is 5.32 Å². The quantitative estimate of drug-likeness (QED) is 0.586. The first-order chi connectivity index (χ1) is 8.74. The van der Waals surface area contributed by atoms with E-state index >= 15 is 0 Å². The molecule has 4 heteroatoms. The summed E-state index contributed by atoms with van der Waals surface area (Å²) < 4.78 is 5.32. The molecule has 0 aromatic heterocycles. The molecule has 0 aliphatic rings. The second-order valence-corrected chi connectivity index (χ2v) is 4.34. The smallest absolute Gasteiger partial charge is 0.120 e. The molecule has 0 spiro atoms. The first-order valence-electron chi connectivity index (χ1n) is 6.47. The maximum Gasteiger partial charge on any atom is 0.120 e. The third-order valence-electron chi connectivity index (χ3n) is 2.64. The van der Waals surface area contributed by atoms with Crippen LogP contribution in [0.2, 0.25) is 0 Å². The molecule has 3 N–H and O–H groups in total. The number of aromatic hydroxyl groups is 1. The lowest BCUT2D eigenvalue weighted by molar-refractivity contribution is 0.0358. The molecule has 18 heavy (non-hydrogen) atoms. The summed E-state index contributed by atoms with van der Waals surface area (Å²) in [6.45, 7) is 4.16. The highest BCUT2D eigenvalue weighted by atomic mass is 16.5. The van der Waals surface area contributed by atoms with Gasteiger partial charge >= 0.3 is 0 Å². The van der Waals surface area contributed by atoms with Gasteiger partial charge in [-0.15, -0.1) is 0 Å². The van der Waals surface area contributed by atoms with Gasteiger partial charge in [0, 0.05) is 25.3 Å². The van der Waals surface area contributed by atoms with Crippen molar-refractivity contribution in [3.8, 4) is 5.75 Å². The van der Waals surface area contributed by atoms with Gasteiger partial charge in [0.1, 0.15) is 5.75 Å². The van der Waals surface area contributed by atoms with Crippen LogP contribution < -0.4 is 5.32 Å². The molecule has 0 aliphatic carbocycles. The third-order valence-corrected chi connectivity index (χ3v) is 2.64. The molecule has 0 aliphatic heterocycles. The average Bonchev–Trinajstić information content (AvgIpc) is 2.37. The molecule has 102 valence electrons. The molecule has 0 bridgehead atoms.